The molecule has 0 radical (unpaired) electrons. The van der Waals surface area contributed by atoms with Crippen LogP contribution in [0.4, 0.5) is 0 Å². The normalized spacial score (nSPS) is 14.6. The highest BCUT2D eigenvalue weighted by molar-refractivity contribution is 5.65. The van der Waals surface area contributed by atoms with Crippen molar-refractivity contribution in [2.75, 3.05) is 6.54 Å². The lowest BCUT2D eigenvalue weighted by molar-refractivity contribution is -0.486. The number of carbonyl (C=O) groups is 1. The summed E-state index contributed by atoms with van der Waals surface area (Å²) >= 11 is 0. The first-order chi connectivity index (χ1) is 10.5. The van der Waals surface area contributed by atoms with Crippen molar-refractivity contribution < 1.29 is 14.5 Å². The molecular weight excluding hydrogens is 282 g/mol. The van der Waals surface area contributed by atoms with E-state index in [1.165, 1.54) is 0 Å². The third-order valence-corrected chi connectivity index (χ3v) is 3.54. The average Bonchev–Trinajstić information content (AvgIpc) is 2.54. The summed E-state index contributed by atoms with van der Waals surface area (Å²) in [7, 11) is 0. The van der Waals surface area contributed by atoms with Crippen LogP contribution >= 0.6 is 0 Å². The largest absolute Gasteiger partial charge is 0.479 e. The number of ether oxygens (including phenoxy) is 1. The van der Waals surface area contributed by atoms with Crippen molar-refractivity contribution in [3.8, 4) is 5.75 Å². The van der Waals surface area contributed by atoms with Crippen LogP contribution in [0.25, 0.3) is 0 Å². The fourth-order valence-corrected chi connectivity index (χ4v) is 2.37. The number of nitro groups is 1. The molecule has 0 aromatic heterocycles. The number of hydrogen-bond donors (Lipinski definition) is 0. The van der Waals surface area contributed by atoms with Crippen molar-refractivity contribution in [2.24, 2.45) is 0 Å². The van der Waals surface area contributed by atoms with E-state index in [0.717, 1.165) is 0 Å². The lowest BCUT2D eigenvalue weighted by Crippen LogP contribution is -2.44. The van der Waals surface area contributed by atoms with Crippen LogP contribution in [0.15, 0.2) is 60.7 Å². The van der Waals surface area contributed by atoms with E-state index in [1.807, 2.05) is 12.1 Å². The molecule has 2 aromatic rings. The van der Waals surface area contributed by atoms with Crippen LogP contribution in [0.2, 0.25) is 0 Å². The molecule has 0 heterocycles. The van der Waals surface area contributed by atoms with Gasteiger partial charge in [0.1, 0.15) is 5.75 Å². The summed E-state index contributed by atoms with van der Waals surface area (Å²) in [6, 6.07) is 17.8. The van der Waals surface area contributed by atoms with Gasteiger partial charge in [0, 0.05) is 4.92 Å². The van der Waals surface area contributed by atoms with Gasteiger partial charge in [-0.1, -0.05) is 48.5 Å². The Kier molecular flexibility index (Phi) is 4.88. The summed E-state index contributed by atoms with van der Waals surface area (Å²) in [5, 5.41) is 11.0. The quantitative estimate of drug-likeness (QED) is 0.447. The van der Waals surface area contributed by atoms with E-state index in [2.05, 4.69) is 0 Å². The van der Waals surface area contributed by atoms with E-state index in [-0.39, 0.29) is 6.54 Å². The van der Waals surface area contributed by atoms with Crippen LogP contribution in [0.3, 0.4) is 0 Å². The summed E-state index contributed by atoms with van der Waals surface area (Å²) in [5.41, 5.74) is -0.625. The van der Waals surface area contributed by atoms with Gasteiger partial charge >= 0.3 is 0 Å². The van der Waals surface area contributed by atoms with Crippen molar-refractivity contribution in [2.45, 2.75) is 18.4 Å². The van der Waals surface area contributed by atoms with Crippen molar-refractivity contribution >= 4 is 6.29 Å². The highest BCUT2D eigenvalue weighted by Crippen LogP contribution is 2.31. The lowest BCUT2D eigenvalue weighted by atomic mass is 9.84. The zero-order valence-corrected chi connectivity index (χ0v) is 12.2. The van der Waals surface area contributed by atoms with Crippen molar-refractivity contribution in [3.63, 3.8) is 0 Å². The Morgan fingerprint density at radius 3 is 2.18 bits per heavy atom. The van der Waals surface area contributed by atoms with E-state index < -0.39 is 16.4 Å². The van der Waals surface area contributed by atoms with Gasteiger partial charge in [-0.3, -0.25) is 14.9 Å². The maximum absolute atomic E-state index is 11.7. The predicted molar refractivity (Wildman–Crippen MR) is 82.6 cm³/mol. The Morgan fingerprint density at radius 2 is 1.68 bits per heavy atom. The monoisotopic (exact) mass is 299 g/mol. The molecule has 0 fully saturated rings. The van der Waals surface area contributed by atoms with Gasteiger partial charge in [-0.25, -0.2) is 0 Å². The van der Waals surface area contributed by atoms with E-state index >= 15 is 0 Å². The molecule has 0 aliphatic rings. The number of hydrogen-bond acceptors (Lipinski definition) is 4. The number of para-hydroxylation sites is 1. The summed E-state index contributed by atoms with van der Waals surface area (Å²) < 4.78 is 5.80. The third-order valence-electron chi connectivity index (χ3n) is 3.54. The van der Waals surface area contributed by atoms with E-state index in [0.29, 0.717) is 17.6 Å². The Labute approximate surface area is 128 Å². The molecule has 0 unspecified atom stereocenters. The van der Waals surface area contributed by atoms with Gasteiger partial charge in [-0.05, 0) is 24.6 Å². The number of aldehydes is 1. The van der Waals surface area contributed by atoms with Crippen LogP contribution in [0.1, 0.15) is 18.4 Å². The Hall–Kier alpha value is -2.69. The summed E-state index contributed by atoms with van der Waals surface area (Å²) in [6.45, 7) is 1.19. The second-order valence-corrected chi connectivity index (χ2v) is 5.20. The van der Waals surface area contributed by atoms with Crippen molar-refractivity contribution in [3.05, 3.63) is 76.3 Å². The molecule has 2 aromatic carbocycles. The topological polar surface area (TPSA) is 69.4 Å². The second-order valence-electron chi connectivity index (χ2n) is 5.20. The molecule has 0 saturated heterocycles. The maximum atomic E-state index is 11.7. The van der Waals surface area contributed by atoms with Crippen LogP contribution in [-0.2, 0) is 4.79 Å². The molecule has 5 heteroatoms. The zero-order chi connectivity index (χ0) is 16.0. The van der Waals surface area contributed by atoms with Crippen LogP contribution < -0.4 is 4.74 Å². The minimum Gasteiger partial charge on any atom is -0.479 e. The van der Waals surface area contributed by atoms with Gasteiger partial charge in [0.05, 0.1) is 5.92 Å². The molecule has 0 amide bonds. The van der Waals surface area contributed by atoms with Crippen molar-refractivity contribution in [1.29, 1.82) is 0 Å². The van der Waals surface area contributed by atoms with E-state index in [1.54, 1.807) is 55.5 Å². The molecule has 0 bridgehead atoms. The molecule has 22 heavy (non-hydrogen) atoms. The van der Waals surface area contributed by atoms with Gasteiger partial charge in [-0.2, -0.15) is 0 Å². The first kappa shape index (κ1) is 15.7. The Morgan fingerprint density at radius 1 is 1.14 bits per heavy atom. The van der Waals surface area contributed by atoms with Gasteiger partial charge in [0.25, 0.3) is 0 Å². The predicted octanol–water partition coefficient (Wildman–Crippen LogP) is 3.08. The molecule has 0 saturated carbocycles. The molecule has 114 valence electrons. The van der Waals surface area contributed by atoms with Crippen LogP contribution in [0.5, 0.6) is 5.75 Å². The number of rotatable bonds is 7. The summed E-state index contributed by atoms with van der Waals surface area (Å²) in [6.07, 6.45) is 0.640. The highest BCUT2D eigenvalue weighted by atomic mass is 16.6. The van der Waals surface area contributed by atoms with Gasteiger partial charge in [-0.15, -0.1) is 0 Å². The third kappa shape index (κ3) is 3.69. The highest BCUT2D eigenvalue weighted by Gasteiger charge is 2.41. The standard InChI is InChI=1S/C17H17NO4/c1-17(13-19,22-15-10-6-3-7-11-15)16(12-18(20)21)14-8-4-2-5-9-14/h2-11,13,16H,12H2,1H3/t16-,17+/m1/s1. The smallest absolute Gasteiger partial charge is 0.214 e. The maximum Gasteiger partial charge on any atom is 0.214 e. The lowest BCUT2D eigenvalue weighted by Gasteiger charge is -2.31. The number of nitrogens with zero attached hydrogens (tertiary/aromatic N) is 1. The molecule has 2 rings (SSSR count). The average molecular weight is 299 g/mol. The first-order valence-electron chi connectivity index (χ1n) is 6.92. The van der Waals surface area contributed by atoms with Gasteiger partial charge in [0.15, 0.2) is 11.9 Å². The minimum atomic E-state index is -1.32. The number of benzene rings is 2. The molecule has 2 atom stereocenters. The summed E-state index contributed by atoms with van der Waals surface area (Å²) in [4.78, 5) is 22.3. The summed E-state index contributed by atoms with van der Waals surface area (Å²) in [5.74, 6) is -0.178. The molecule has 0 spiro atoms. The number of carbonyl (C=O) groups excluding carboxylic acids is 1. The fraction of sp³-hybridized carbons (Fsp3) is 0.235. The zero-order valence-electron chi connectivity index (χ0n) is 12.2. The van der Waals surface area contributed by atoms with E-state index in [9.17, 15) is 14.9 Å². The van der Waals surface area contributed by atoms with Gasteiger partial charge < -0.3 is 4.74 Å². The fourth-order valence-electron chi connectivity index (χ4n) is 2.37. The van der Waals surface area contributed by atoms with Crippen molar-refractivity contribution in [1.82, 2.24) is 0 Å². The molecule has 0 N–H and O–H groups in total. The molecule has 0 aliphatic carbocycles. The Bertz CT molecular complexity index is 630. The Balaban J connectivity index is 2.37. The second kappa shape index (κ2) is 6.85. The van der Waals surface area contributed by atoms with Crippen LogP contribution in [-0.4, -0.2) is 23.4 Å². The van der Waals surface area contributed by atoms with Gasteiger partial charge in [0.2, 0.25) is 6.54 Å². The van der Waals surface area contributed by atoms with E-state index in [4.69, 9.17) is 4.74 Å². The minimum absolute atomic E-state index is 0.383. The molecule has 5 nitrogen and oxygen atoms in total. The van der Waals surface area contributed by atoms with Crippen LogP contribution in [0, 0.1) is 10.1 Å². The first-order valence-corrected chi connectivity index (χ1v) is 6.92. The SMILES string of the molecule is C[C@@](C=O)(Oc1ccccc1)[C@H](C[N+](=O)[O-])c1ccccc1. The molecule has 0 aliphatic heterocycles. The molecular formula is C17H17NO4.